The van der Waals surface area contributed by atoms with Crippen LogP contribution in [0, 0.1) is 11.8 Å². The van der Waals surface area contributed by atoms with Gasteiger partial charge in [-0.3, -0.25) is 14.4 Å². The molecule has 0 rings (SSSR count). The zero-order valence-corrected chi connectivity index (χ0v) is 41.8. The van der Waals surface area contributed by atoms with Crippen LogP contribution in [-0.4, -0.2) is 37.2 Å². The molecule has 0 unspecified atom stereocenters. The van der Waals surface area contributed by atoms with Gasteiger partial charge in [-0.2, -0.15) is 0 Å². The molecule has 0 N–H and O–H groups in total. The van der Waals surface area contributed by atoms with Gasteiger partial charge in [-0.15, -0.1) is 0 Å². The molecule has 0 aliphatic heterocycles. The van der Waals surface area contributed by atoms with Crippen molar-refractivity contribution in [2.24, 2.45) is 11.8 Å². The van der Waals surface area contributed by atoms with E-state index in [0.29, 0.717) is 19.3 Å². The minimum atomic E-state index is -0.762. The molecule has 0 aliphatic rings. The highest BCUT2D eigenvalue weighted by Gasteiger charge is 2.19. The Bertz CT molecular complexity index is 931. The number of hydrogen-bond acceptors (Lipinski definition) is 6. The molecule has 0 saturated carbocycles. The van der Waals surface area contributed by atoms with Crippen molar-refractivity contribution in [2.45, 2.75) is 310 Å². The van der Waals surface area contributed by atoms with Crippen LogP contribution in [0.3, 0.4) is 0 Å². The van der Waals surface area contributed by atoms with Crippen molar-refractivity contribution in [3.8, 4) is 0 Å². The molecule has 6 heteroatoms. The number of esters is 3. The second-order valence-corrected chi connectivity index (χ2v) is 19.8. The van der Waals surface area contributed by atoms with Gasteiger partial charge in [0.15, 0.2) is 6.10 Å². The summed E-state index contributed by atoms with van der Waals surface area (Å²) in [5, 5.41) is 0. The van der Waals surface area contributed by atoms with Gasteiger partial charge in [0.05, 0.1) is 0 Å². The van der Waals surface area contributed by atoms with Crippen LogP contribution in [0.1, 0.15) is 304 Å². The third kappa shape index (κ3) is 49.3. The quantitative estimate of drug-likeness (QED) is 0.0344. The maximum atomic E-state index is 12.8. The summed E-state index contributed by atoms with van der Waals surface area (Å²) >= 11 is 0. The van der Waals surface area contributed by atoms with E-state index in [1.54, 1.807) is 0 Å². The van der Waals surface area contributed by atoms with Crippen LogP contribution in [0.2, 0.25) is 0 Å². The predicted octanol–water partition coefficient (Wildman–Crippen LogP) is 17.7. The van der Waals surface area contributed by atoms with E-state index in [1.165, 1.54) is 193 Å². The highest BCUT2D eigenvalue weighted by Crippen LogP contribution is 2.18. The largest absolute Gasteiger partial charge is 0.462 e. The fourth-order valence-electron chi connectivity index (χ4n) is 8.34. The van der Waals surface area contributed by atoms with Crippen LogP contribution >= 0.6 is 0 Å². The maximum Gasteiger partial charge on any atom is 0.306 e. The first kappa shape index (κ1) is 59.4. The van der Waals surface area contributed by atoms with Gasteiger partial charge in [0.1, 0.15) is 13.2 Å². The molecule has 0 amide bonds. The van der Waals surface area contributed by atoms with Gasteiger partial charge < -0.3 is 14.2 Å². The second-order valence-electron chi connectivity index (χ2n) is 19.8. The van der Waals surface area contributed by atoms with E-state index >= 15 is 0 Å². The minimum absolute atomic E-state index is 0.0631. The molecular weight excluding hydrogens is 757 g/mol. The monoisotopic (exact) mass is 863 g/mol. The molecule has 0 aromatic heterocycles. The van der Waals surface area contributed by atoms with Crippen molar-refractivity contribution in [2.75, 3.05) is 13.2 Å². The summed E-state index contributed by atoms with van der Waals surface area (Å²) in [7, 11) is 0. The van der Waals surface area contributed by atoms with Gasteiger partial charge in [-0.1, -0.05) is 266 Å². The lowest BCUT2D eigenvalue weighted by Crippen LogP contribution is -2.30. The van der Waals surface area contributed by atoms with Crippen LogP contribution in [0.15, 0.2) is 0 Å². The summed E-state index contributed by atoms with van der Waals surface area (Å²) in [6.07, 6.45) is 49.4. The fourth-order valence-corrected chi connectivity index (χ4v) is 8.34. The number of unbranched alkanes of at least 4 members (excludes halogenated alkanes) is 34. The second kappa shape index (κ2) is 47.9. The van der Waals surface area contributed by atoms with E-state index in [9.17, 15) is 14.4 Å². The normalized spacial score (nSPS) is 12.0. The minimum Gasteiger partial charge on any atom is -0.462 e. The highest BCUT2D eigenvalue weighted by atomic mass is 16.6. The van der Waals surface area contributed by atoms with E-state index in [-0.39, 0.29) is 31.1 Å². The van der Waals surface area contributed by atoms with Crippen molar-refractivity contribution >= 4 is 17.9 Å². The molecule has 6 nitrogen and oxygen atoms in total. The van der Waals surface area contributed by atoms with Crippen molar-refractivity contribution in [3.05, 3.63) is 0 Å². The smallest absolute Gasteiger partial charge is 0.306 e. The first-order valence-corrected chi connectivity index (χ1v) is 27.2. The van der Waals surface area contributed by atoms with Crippen LogP contribution < -0.4 is 0 Å². The van der Waals surface area contributed by atoms with Crippen LogP contribution in [0.25, 0.3) is 0 Å². The third-order valence-corrected chi connectivity index (χ3v) is 12.5. The van der Waals surface area contributed by atoms with Crippen molar-refractivity contribution in [3.63, 3.8) is 0 Å². The Morgan fingerprint density at radius 1 is 0.311 bits per heavy atom. The first-order valence-electron chi connectivity index (χ1n) is 27.2. The molecule has 0 aromatic carbocycles. The molecule has 0 heterocycles. The zero-order valence-electron chi connectivity index (χ0n) is 41.8. The van der Waals surface area contributed by atoms with Crippen LogP contribution in [0.5, 0.6) is 0 Å². The standard InChI is InChI=1S/C55H106O6/c1-6-7-8-9-10-11-12-20-25-30-35-40-45-53(56)59-48-52(49-60-54(57)46-41-36-31-26-22-17-19-24-29-34-39-44-51(4)5)61-55(58)47-42-37-32-27-21-16-14-13-15-18-23-28-33-38-43-50(2)3/h50-52H,6-49H2,1-5H3/t52-/m0/s1. The van der Waals surface area contributed by atoms with Gasteiger partial charge >= 0.3 is 17.9 Å². The van der Waals surface area contributed by atoms with Gasteiger partial charge in [0.2, 0.25) is 0 Å². The van der Waals surface area contributed by atoms with Crippen molar-refractivity contribution in [1.82, 2.24) is 0 Å². The lowest BCUT2D eigenvalue weighted by atomic mass is 10.0. The number of hydrogen-bond donors (Lipinski definition) is 0. The van der Waals surface area contributed by atoms with Gasteiger partial charge in [-0.05, 0) is 31.1 Å². The fraction of sp³-hybridized carbons (Fsp3) is 0.945. The average molecular weight is 863 g/mol. The van der Waals surface area contributed by atoms with E-state index < -0.39 is 6.10 Å². The Labute approximate surface area is 380 Å². The zero-order chi connectivity index (χ0) is 44.7. The number of ether oxygens (including phenoxy) is 3. The van der Waals surface area contributed by atoms with E-state index in [0.717, 1.165) is 69.6 Å². The Morgan fingerprint density at radius 3 is 0.803 bits per heavy atom. The van der Waals surface area contributed by atoms with E-state index in [4.69, 9.17) is 14.2 Å². The summed E-state index contributed by atoms with van der Waals surface area (Å²) in [4.78, 5) is 38.0. The van der Waals surface area contributed by atoms with Gasteiger partial charge in [0.25, 0.3) is 0 Å². The Kier molecular flexibility index (Phi) is 46.6. The highest BCUT2D eigenvalue weighted by molar-refractivity contribution is 5.71. The summed E-state index contributed by atoms with van der Waals surface area (Å²) in [6, 6.07) is 0. The molecule has 61 heavy (non-hydrogen) atoms. The molecule has 1 atom stereocenters. The Hall–Kier alpha value is -1.59. The summed E-state index contributed by atoms with van der Waals surface area (Å²) in [6.45, 7) is 11.4. The summed E-state index contributed by atoms with van der Waals surface area (Å²) in [5.41, 5.74) is 0. The third-order valence-electron chi connectivity index (χ3n) is 12.5. The molecule has 0 saturated heterocycles. The molecule has 0 radical (unpaired) electrons. The molecule has 0 aliphatic carbocycles. The maximum absolute atomic E-state index is 12.8. The number of carbonyl (C=O) groups is 3. The molecule has 0 aromatic rings. The van der Waals surface area contributed by atoms with Gasteiger partial charge in [-0.25, -0.2) is 0 Å². The molecule has 0 spiro atoms. The van der Waals surface area contributed by atoms with Gasteiger partial charge in [0, 0.05) is 19.3 Å². The summed E-state index contributed by atoms with van der Waals surface area (Å²) < 4.78 is 16.8. The number of carbonyl (C=O) groups excluding carboxylic acids is 3. The molecule has 0 fully saturated rings. The van der Waals surface area contributed by atoms with E-state index in [2.05, 4.69) is 34.6 Å². The predicted molar refractivity (Wildman–Crippen MR) is 261 cm³/mol. The van der Waals surface area contributed by atoms with Crippen molar-refractivity contribution < 1.29 is 28.6 Å². The lowest BCUT2D eigenvalue weighted by Gasteiger charge is -2.18. The topological polar surface area (TPSA) is 78.9 Å². The average Bonchev–Trinajstić information content (AvgIpc) is 3.23. The number of rotatable bonds is 49. The molecule has 0 bridgehead atoms. The first-order chi connectivity index (χ1) is 29.7. The molecular formula is C55H106O6. The summed E-state index contributed by atoms with van der Waals surface area (Å²) in [5.74, 6) is 0.826. The van der Waals surface area contributed by atoms with Crippen LogP contribution in [0.4, 0.5) is 0 Å². The molecule has 362 valence electrons. The van der Waals surface area contributed by atoms with Crippen LogP contribution in [-0.2, 0) is 28.6 Å². The lowest BCUT2D eigenvalue weighted by molar-refractivity contribution is -0.167. The SMILES string of the molecule is CCCCCCCCCCCCCCC(=O)OC[C@@H](COC(=O)CCCCCCCCCCCCCC(C)C)OC(=O)CCCCCCCCCCCCCCCCC(C)C. The van der Waals surface area contributed by atoms with Crippen molar-refractivity contribution in [1.29, 1.82) is 0 Å². The Morgan fingerprint density at radius 2 is 0.541 bits per heavy atom. The Balaban J connectivity index is 4.30. The van der Waals surface area contributed by atoms with E-state index in [1.807, 2.05) is 0 Å².